The number of carbonyl (C=O) groups is 2. The van der Waals surface area contributed by atoms with Gasteiger partial charge in [-0.2, -0.15) is 0 Å². The molecule has 1 heterocycles. The number of hydrogen-bond donors (Lipinski definition) is 2. The van der Waals surface area contributed by atoms with Crippen LogP contribution in [-0.4, -0.2) is 48.4 Å². The van der Waals surface area contributed by atoms with E-state index in [4.69, 9.17) is 0 Å². The van der Waals surface area contributed by atoms with E-state index in [1.54, 1.807) is 11.9 Å². The molecule has 5 nitrogen and oxygen atoms in total. The molecule has 1 saturated heterocycles. The Balaban J connectivity index is 1.89. The van der Waals surface area contributed by atoms with Crippen molar-refractivity contribution in [3.8, 4) is 0 Å². The van der Waals surface area contributed by atoms with Crippen molar-refractivity contribution in [2.45, 2.75) is 58.2 Å². The number of rotatable bonds is 6. The summed E-state index contributed by atoms with van der Waals surface area (Å²) in [6.45, 7) is 6.95. The fraction of sp³-hybridized carbons (Fsp3) is 0.500. The molecule has 1 aliphatic rings. The van der Waals surface area contributed by atoms with Crippen LogP contribution in [0.3, 0.4) is 0 Å². The van der Waals surface area contributed by atoms with Gasteiger partial charge in [0, 0.05) is 26.1 Å². The zero-order valence-electron chi connectivity index (χ0n) is 17.9. The van der Waals surface area contributed by atoms with Crippen LogP contribution in [0, 0.1) is 5.92 Å². The van der Waals surface area contributed by atoms with Crippen molar-refractivity contribution in [2.75, 3.05) is 13.6 Å². The van der Waals surface area contributed by atoms with Gasteiger partial charge in [0.15, 0.2) is 0 Å². The maximum atomic E-state index is 13.4. The molecular formula is C24H33N3O2. The fourth-order valence-electron chi connectivity index (χ4n) is 4.19. The molecule has 3 rings (SSSR count). The molecule has 2 N–H and O–H groups in total. The van der Waals surface area contributed by atoms with E-state index in [0.29, 0.717) is 18.9 Å². The lowest BCUT2D eigenvalue weighted by atomic mass is 9.98. The first kappa shape index (κ1) is 21.3. The number of fused-ring (bicyclic) bond motifs is 1. The molecular weight excluding hydrogens is 362 g/mol. The van der Waals surface area contributed by atoms with Crippen LogP contribution in [0.15, 0.2) is 42.5 Å². The minimum Gasteiger partial charge on any atom is -0.357 e. The molecule has 5 heteroatoms. The number of nitrogens with zero attached hydrogens (tertiary/aromatic N) is 1. The second-order valence-corrected chi connectivity index (χ2v) is 8.59. The molecule has 0 spiro atoms. The van der Waals surface area contributed by atoms with Crippen molar-refractivity contribution in [1.82, 2.24) is 15.5 Å². The molecule has 2 aromatic carbocycles. The highest BCUT2D eigenvalue weighted by Gasteiger charge is 2.36. The van der Waals surface area contributed by atoms with Gasteiger partial charge in [0.25, 0.3) is 0 Å². The van der Waals surface area contributed by atoms with Crippen molar-refractivity contribution in [1.29, 1.82) is 0 Å². The van der Waals surface area contributed by atoms with Crippen molar-refractivity contribution in [3.05, 3.63) is 48.0 Å². The monoisotopic (exact) mass is 395 g/mol. The second-order valence-electron chi connectivity index (χ2n) is 8.59. The molecule has 156 valence electrons. The van der Waals surface area contributed by atoms with Gasteiger partial charge in [0.1, 0.15) is 6.04 Å². The van der Waals surface area contributed by atoms with Crippen LogP contribution in [-0.2, 0) is 16.0 Å². The molecule has 0 bridgehead atoms. The lowest BCUT2D eigenvalue weighted by Gasteiger charge is -2.32. The Morgan fingerprint density at radius 1 is 1.21 bits per heavy atom. The molecule has 1 aliphatic heterocycles. The third-order valence-electron chi connectivity index (χ3n) is 5.75. The van der Waals surface area contributed by atoms with Crippen LogP contribution < -0.4 is 10.6 Å². The van der Waals surface area contributed by atoms with Crippen LogP contribution in [0.25, 0.3) is 10.8 Å². The van der Waals surface area contributed by atoms with E-state index in [0.717, 1.165) is 23.8 Å². The highest BCUT2D eigenvalue weighted by Crippen LogP contribution is 2.21. The first-order valence-corrected chi connectivity index (χ1v) is 10.6. The van der Waals surface area contributed by atoms with Gasteiger partial charge in [-0.05, 0) is 42.0 Å². The number of likely N-dealkylation sites (N-methyl/N-ethyl adjacent to an activating group) is 1. The molecule has 0 aliphatic carbocycles. The van der Waals surface area contributed by atoms with E-state index in [-0.39, 0.29) is 23.9 Å². The Morgan fingerprint density at radius 3 is 2.62 bits per heavy atom. The maximum Gasteiger partial charge on any atom is 0.242 e. The second kappa shape index (κ2) is 9.40. The predicted octanol–water partition coefficient (Wildman–Crippen LogP) is 3.12. The highest BCUT2D eigenvalue weighted by atomic mass is 16.2. The first-order chi connectivity index (χ1) is 13.9. The number of carbonyl (C=O) groups excluding carboxylic acids is 2. The third-order valence-corrected chi connectivity index (χ3v) is 5.75. The lowest BCUT2D eigenvalue weighted by Crippen LogP contribution is -2.54. The Kier molecular flexibility index (Phi) is 6.91. The van der Waals surface area contributed by atoms with Crippen molar-refractivity contribution < 1.29 is 9.59 Å². The Morgan fingerprint density at radius 2 is 1.93 bits per heavy atom. The van der Waals surface area contributed by atoms with Gasteiger partial charge in [-0.25, -0.2) is 0 Å². The highest BCUT2D eigenvalue weighted by molar-refractivity contribution is 5.90. The van der Waals surface area contributed by atoms with Gasteiger partial charge in [0.05, 0.1) is 6.04 Å². The van der Waals surface area contributed by atoms with Crippen LogP contribution in [0.4, 0.5) is 0 Å². The lowest BCUT2D eigenvalue weighted by molar-refractivity contribution is -0.141. The Bertz CT molecular complexity index is 864. The summed E-state index contributed by atoms with van der Waals surface area (Å²) in [5, 5.41) is 8.56. The molecule has 3 unspecified atom stereocenters. The van der Waals surface area contributed by atoms with E-state index >= 15 is 0 Å². The zero-order valence-corrected chi connectivity index (χ0v) is 17.9. The van der Waals surface area contributed by atoms with Crippen LogP contribution in [0.5, 0.6) is 0 Å². The minimum absolute atomic E-state index is 0.0393. The largest absolute Gasteiger partial charge is 0.357 e. The molecule has 0 saturated carbocycles. The van der Waals surface area contributed by atoms with Gasteiger partial charge in [0.2, 0.25) is 11.8 Å². The van der Waals surface area contributed by atoms with Crippen molar-refractivity contribution in [2.24, 2.45) is 5.92 Å². The number of nitrogens with one attached hydrogen (secondary N) is 2. The number of benzene rings is 2. The molecule has 2 aromatic rings. The van der Waals surface area contributed by atoms with E-state index in [2.05, 4.69) is 61.7 Å². The summed E-state index contributed by atoms with van der Waals surface area (Å²) in [4.78, 5) is 28.0. The summed E-state index contributed by atoms with van der Waals surface area (Å²) in [6.07, 6.45) is 2.13. The van der Waals surface area contributed by atoms with E-state index in [9.17, 15) is 9.59 Å². The molecule has 1 fully saturated rings. The average molecular weight is 396 g/mol. The standard InChI is InChI=1S/C24H33N3O2/c1-16(2)13-21-24(29)27(12-11-17(3)26-21)22(23(28)25-4)15-18-9-10-19-7-5-6-8-20(19)14-18/h5-10,14,16-17,21-22,26H,11-13,15H2,1-4H3,(H,25,28). The predicted molar refractivity (Wildman–Crippen MR) is 118 cm³/mol. The van der Waals surface area contributed by atoms with Gasteiger partial charge in [-0.3, -0.25) is 9.59 Å². The van der Waals surface area contributed by atoms with E-state index in [1.807, 2.05) is 12.1 Å². The summed E-state index contributed by atoms with van der Waals surface area (Å²) in [7, 11) is 1.64. The van der Waals surface area contributed by atoms with Gasteiger partial charge < -0.3 is 15.5 Å². The van der Waals surface area contributed by atoms with Crippen LogP contribution in [0.2, 0.25) is 0 Å². The van der Waals surface area contributed by atoms with E-state index in [1.165, 1.54) is 5.39 Å². The van der Waals surface area contributed by atoms with Crippen LogP contribution >= 0.6 is 0 Å². The molecule has 0 aromatic heterocycles. The van der Waals surface area contributed by atoms with Crippen molar-refractivity contribution >= 4 is 22.6 Å². The SMILES string of the molecule is CNC(=O)C(Cc1ccc2ccccc2c1)N1CCC(C)NC(CC(C)C)C1=O. The summed E-state index contributed by atoms with van der Waals surface area (Å²) in [6, 6.07) is 14.0. The molecule has 3 atom stereocenters. The number of hydrogen-bond acceptors (Lipinski definition) is 3. The summed E-state index contributed by atoms with van der Waals surface area (Å²) < 4.78 is 0. The van der Waals surface area contributed by atoms with Crippen molar-refractivity contribution in [3.63, 3.8) is 0 Å². The quantitative estimate of drug-likeness (QED) is 0.790. The average Bonchev–Trinajstić information content (AvgIpc) is 2.83. The topological polar surface area (TPSA) is 61.4 Å². The summed E-state index contributed by atoms with van der Waals surface area (Å²) in [5.41, 5.74) is 1.07. The van der Waals surface area contributed by atoms with Gasteiger partial charge in [-0.15, -0.1) is 0 Å². The van der Waals surface area contributed by atoms with Gasteiger partial charge >= 0.3 is 0 Å². The Labute approximate surface area is 173 Å². The first-order valence-electron chi connectivity index (χ1n) is 10.6. The molecule has 2 amide bonds. The summed E-state index contributed by atoms with van der Waals surface area (Å²) in [5.74, 6) is 0.337. The summed E-state index contributed by atoms with van der Waals surface area (Å²) >= 11 is 0. The van der Waals surface area contributed by atoms with Crippen LogP contribution in [0.1, 0.15) is 39.2 Å². The normalized spacial score (nSPS) is 21.3. The van der Waals surface area contributed by atoms with E-state index < -0.39 is 6.04 Å². The smallest absolute Gasteiger partial charge is 0.242 e. The molecule has 0 radical (unpaired) electrons. The molecule has 29 heavy (non-hydrogen) atoms. The number of amides is 2. The maximum absolute atomic E-state index is 13.4. The zero-order chi connectivity index (χ0) is 21.0. The minimum atomic E-state index is -0.504. The fourth-order valence-corrected chi connectivity index (χ4v) is 4.19. The van der Waals surface area contributed by atoms with Gasteiger partial charge in [-0.1, -0.05) is 56.3 Å². The third kappa shape index (κ3) is 5.15. The Hall–Kier alpha value is -2.40.